The molecule has 0 bridgehead atoms. The van der Waals surface area contributed by atoms with E-state index in [9.17, 15) is 4.79 Å². The molecular formula is C15H22N2OS. The summed E-state index contributed by atoms with van der Waals surface area (Å²) >= 11 is 1.64. The summed E-state index contributed by atoms with van der Waals surface area (Å²) in [7, 11) is 0. The summed E-state index contributed by atoms with van der Waals surface area (Å²) in [5, 5.41) is 1.26. The summed E-state index contributed by atoms with van der Waals surface area (Å²) in [6, 6.07) is 0. The molecule has 2 saturated carbocycles. The molecule has 1 heterocycles. The smallest absolute Gasteiger partial charge is 0.178 e. The van der Waals surface area contributed by atoms with Crippen molar-refractivity contribution in [1.29, 1.82) is 0 Å². The van der Waals surface area contributed by atoms with Gasteiger partial charge in [0.25, 0.3) is 0 Å². The third-order valence-corrected chi connectivity index (χ3v) is 5.47. The summed E-state index contributed by atoms with van der Waals surface area (Å²) in [6.45, 7) is 6.29. The Morgan fingerprint density at radius 1 is 1.26 bits per heavy atom. The lowest BCUT2D eigenvalue weighted by Gasteiger charge is -2.20. The molecule has 2 aliphatic carbocycles. The second-order valence-electron chi connectivity index (χ2n) is 5.65. The first-order valence-electron chi connectivity index (χ1n) is 7.38. The number of ketones is 1. The standard InChI is InChI=1S/C15H22N2OS/c1-3-17(4-2)15-11(9-5-6-9)12(16)14(19-15)13(18)10-7-8-10/h9-10H,3-8,16H2,1-2H3. The number of nitrogens with zero attached hydrogens (tertiary/aromatic N) is 1. The molecule has 2 N–H and O–H groups in total. The molecule has 0 aliphatic heterocycles. The van der Waals surface area contributed by atoms with Gasteiger partial charge in [0.05, 0.1) is 15.6 Å². The van der Waals surface area contributed by atoms with Crippen LogP contribution in [0.3, 0.4) is 0 Å². The normalized spacial score (nSPS) is 18.6. The van der Waals surface area contributed by atoms with Gasteiger partial charge in [-0.25, -0.2) is 0 Å². The van der Waals surface area contributed by atoms with Crippen molar-refractivity contribution in [3.8, 4) is 0 Å². The van der Waals surface area contributed by atoms with E-state index >= 15 is 0 Å². The van der Waals surface area contributed by atoms with E-state index < -0.39 is 0 Å². The highest BCUT2D eigenvalue weighted by molar-refractivity contribution is 7.19. The van der Waals surface area contributed by atoms with Crippen LogP contribution in [0.4, 0.5) is 10.7 Å². The quantitative estimate of drug-likeness (QED) is 0.808. The number of carbonyl (C=O) groups is 1. The number of anilines is 2. The molecule has 4 heteroatoms. The maximum absolute atomic E-state index is 12.3. The largest absolute Gasteiger partial charge is 0.397 e. The zero-order chi connectivity index (χ0) is 13.6. The topological polar surface area (TPSA) is 46.3 Å². The first-order valence-corrected chi connectivity index (χ1v) is 8.20. The molecule has 0 saturated heterocycles. The lowest BCUT2D eigenvalue weighted by atomic mass is 10.1. The van der Waals surface area contributed by atoms with E-state index in [4.69, 9.17) is 5.73 Å². The van der Waals surface area contributed by atoms with E-state index in [1.807, 2.05) is 0 Å². The van der Waals surface area contributed by atoms with Crippen LogP contribution in [-0.4, -0.2) is 18.9 Å². The molecule has 0 radical (unpaired) electrons. The summed E-state index contributed by atoms with van der Waals surface area (Å²) in [5.41, 5.74) is 8.39. The molecular weight excluding hydrogens is 256 g/mol. The average molecular weight is 278 g/mol. The maximum atomic E-state index is 12.3. The minimum Gasteiger partial charge on any atom is -0.397 e. The van der Waals surface area contributed by atoms with E-state index in [-0.39, 0.29) is 5.92 Å². The Morgan fingerprint density at radius 3 is 2.37 bits per heavy atom. The van der Waals surface area contributed by atoms with Crippen molar-refractivity contribution in [3.63, 3.8) is 0 Å². The second-order valence-corrected chi connectivity index (χ2v) is 6.65. The Hall–Kier alpha value is -1.03. The fourth-order valence-corrected chi connectivity index (χ4v) is 4.12. The highest BCUT2D eigenvalue weighted by Gasteiger charge is 2.38. The number of carbonyl (C=O) groups excluding carboxylic acids is 1. The monoisotopic (exact) mass is 278 g/mol. The fraction of sp³-hybridized carbons (Fsp3) is 0.667. The van der Waals surface area contributed by atoms with Crippen LogP contribution >= 0.6 is 11.3 Å². The third kappa shape index (κ3) is 2.27. The SMILES string of the molecule is CCN(CC)c1sc(C(=O)C2CC2)c(N)c1C1CC1. The molecule has 0 amide bonds. The number of nitrogen functional groups attached to an aromatic ring is 1. The van der Waals surface area contributed by atoms with Crippen molar-refractivity contribution in [2.24, 2.45) is 5.92 Å². The lowest BCUT2D eigenvalue weighted by Crippen LogP contribution is -2.21. The minimum absolute atomic E-state index is 0.262. The van der Waals surface area contributed by atoms with Gasteiger partial charge in [0, 0.05) is 24.6 Å². The first-order chi connectivity index (χ1) is 9.17. The van der Waals surface area contributed by atoms with Gasteiger partial charge in [-0.15, -0.1) is 11.3 Å². The van der Waals surface area contributed by atoms with Crippen molar-refractivity contribution < 1.29 is 4.79 Å². The number of rotatable bonds is 6. The Kier molecular flexibility index (Phi) is 3.29. The Morgan fingerprint density at radius 2 is 1.89 bits per heavy atom. The van der Waals surface area contributed by atoms with Crippen molar-refractivity contribution in [1.82, 2.24) is 0 Å². The zero-order valence-corrected chi connectivity index (χ0v) is 12.6. The van der Waals surface area contributed by atoms with Gasteiger partial charge in [-0.05, 0) is 45.4 Å². The van der Waals surface area contributed by atoms with Crippen LogP contribution < -0.4 is 10.6 Å². The van der Waals surface area contributed by atoms with Crippen molar-refractivity contribution in [3.05, 3.63) is 10.4 Å². The van der Waals surface area contributed by atoms with Crippen LogP contribution in [0.1, 0.15) is 60.7 Å². The van der Waals surface area contributed by atoms with Crippen molar-refractivity contribution >= 4 is 27.8 Å². The van der Waals surface area contributed by atoms with Gasteiger partial charge in [0.15, 0.2) is 5.78 Å². The third-order valence-electron chi connectivity index (χ3n) is 4.17. The molecule has 19 heavy (non-hydrogen) atoms. The predicted molar refractivity (Wildman–Crippen MR) is 81.3 cm³/mol. The first kappa shape index (κ1) is 13.0. The van der Waals surface area contributed by atoms with Gasteiger partial charge < -0.3 is 10.6 Å². The van der Waals surface area contributed by atoms with Crippen LogP contribution in [0.25, 0.3) is 0 Å². The molecule has 104 valence electrons. The number of hydrogen-bond acceptors (Lipinski definition) is 4. The van der Waals surface area contributed by atoms with Crippen LogP contribution in [-0.2, 0) is 0 Å². The van der Waals surface area contributed by atoms with E-state index in [0.717, 1.165) is 36.5 Å². The number of hydrogen-bond donors (Lipinski definition) is 1. The Balaban J connectivity index is 2.01. The lowest BCUT2D eigenvalue weighted by molar-refractivity contribution is 0.0972. The van der Waals surface area contributed by atoms with Crippen molar-refractivity contribution in [2.45, 2.75) is 45.4 Å². The second kappa shape index (κ2) is 4.82. The number of nitrogens with two attached hydrogens (primary N) is 1. The molecule has 3 nitrogen and oxygen atoms in total. The van der Waals surface area contributed by atoms with Crippen LogP contribution in [0.5, 0.6) is 0 Å². The molecule has 1 aromatic heterocycles. The van der Waals surface area contributed by atoms with Crippen LogP contribution in [0.2, 0.25) is 0 Å². The molecule has 3 rings (SSSR count). The van der Waals surface area contributed by atoms with Crippen LogP contribution in [0.15, 0.2) is 0 Å². The van der Waals surface area contributed by atoms with Crippen LogP contribution in [0, 0.1) is 5.92 Å². The van der Waals surface area contributed by atoms with E-state index in [0.29, 0.717) is 11.7 Å². The van der Waals surface area contributed by atoms with E-state index in [1.54, 1.807) is 11.3 Å². The average Bonchev–Trinajstić information content (AvgIpc) is 3.28. The molecule has 0 unspecified atom stereocenters. The van der Waals surface area contributed by atoms with E-state index in [1.165, 1.54) is 23.4 Å². The Labute approximate surface area is 118 Å². The van der Waals surface area contributed by atoms with Gasteiger partial charge in [0.2, 0.25) is 0 Å². The summed E-state index contributed by atoms with van der Waals surface area (Å²) in [6.07, 6.45) is 4.56. The summed E-state index contributed by atoms with van der Waals surface area (Å²) in [5.74, 6) is 1.16. The predicted octanol–water partition coefficient (Wildman–Crippen LogP) is 3.65. The van der Waals surface area contributed by atoms with Gasteiger partial charge in [-0.3, -0.25) is 4.79 Å². The van der Waals surface area contributed by atoms with Gasteiger partial charge >= 0.3 is 0 Å². The van der Waals surface area contributed by atoms with E-state index in [2.05, 4.69) is 18.7 Å². The molecule has 2 aliphatic rings. The molecule has 0 atom stereocenters. The summed E-state index contributed by atoms with van der Waals surface area (Å²) in [4.78, 5) is 15.5. The molecule has 1 aromatic rings. The summed E-state index contributed by atoms with van der Waals surface area (Å²) < 4.78 is 0. The molecule has 0 aromatic carbocycles. The van der Waals surface area contributed by atoms with Crippen molar-refractivity contribution in [2.75, 3.05) is 23.7 Å². The molecule has 2 fully saturated rings. The fourth-order valence-electron chi connectivity index (χ4n) is 2.67. The highest BCUT2D eigenvalue weighted by Crippen LogP contribution is 2.53. The van der Waals surface area contributed by atoms with Gasteiger partial charge in [0.1, 0.15) is 0 Å². The maximum Gasteiger partial charge on any atom is 0.178 e. The zero-order valence-electron chi connectivity index (χ0n) is 11.7. The Bertz CT molecular complexity index is 496. The number of thiophene rings is 1. The molecule has 0 spiro atoms. The van der Waals surface area contributed by atoms with Gasteiger partial charge in [-0.2, -0.15) is 0 Å². The minimum atomic E-state index is 0.262. The number of Topliss-reactive ketones (excluding diaryl/α,β-unsaturated/α-hetero) is 1. The highest BCUT2D eigenvalue weighted by atomic mass is 32.1. The van der Waals surface area contributed by atoms with Gasteiger partial charge in [-0.1, -0.05) is 0 Å².